The van der Waals surface area contributed by atoms with Gasteiger partial charge in [-0.05, 0) is 134 Å². The molecule has 1 heteroatoms. The van der Waals surface area contributed by atoms with E-state index < -0.39 is 0 Å². The standard InChI is InChI=1S/C55H47N/c1-53(2)46-19-9-7-15-44(46)51-48(53)21-12-22-50(51)56(38-29-30-42-40-13-6-10-20-47(40)55(49(42)32-38)33-34-23-26-36(55)31-34)37-27-24-35(25-28-37)39-16-11-17-43-41-14-5-8-18-45(41)54(3,4)52(39)43/h5-22,24-25,27-30,32,34,36H,23,26,31,33H2,1-4H3. The summed E-state index contributed by atoms with van der Waals surface area (Å²) in [6.45, 7) is 9.57. The summed E-state index contributed by atoms with van der Waals surface area (Å²) in [5.41, 5.74) is 23.4. The fourth-order valence-electron chi connectivity index (χ4n) is 12.7. The number of hydrogen-bond donors (Lipinski definition) is 0. The number of fused-ring (bicyclic) bond motifs is 14. The van der Waals surface area contributed by atoms with Gasteiger partial charge in [0.1, 0.15) is 0 Å². The lowest BCUT2D eigenvalue weighted by atomic mass is 9.67. The summed E-state index contributed by atoms with van der Waals surface area (Å²) < 4.78 is 0. The van der Waals surface area contributed by atoms with Gasteiger partial charge in [0.25, 0.3) is 0 Å². The Hall–Kier alpha value is -5.66. The van der Waals surface area contributed by atoms with Crippen molar-refractivity contribution in [3.63, 3.8) is 0 Å². The Morgan fingerprint density at radius 2 is 1.05 bits per heavy atom. The van der Waals surface area contributed by atoms with E-state index in [9.17, 15) is 0 Å². The maximum absolute atomic E-state index is 2.61. The predicted molar refractivity (Wildman–Crippen MR) is 233 cm³/mol. The van der Waals surface area contributed by atoms with Gasteiger partial charge in [-0.15, -0.1) is 0 Å². The van der Waals surface area contributed by atoms with Crippen molar-refractivity contribution < 1.29 is 0 Å². The molecule has 0 amide bonds. The topological polar surface area (TPSA) is 3.24 Å². The van der Waals surface area contributed by atoms with Gasteiger partial charge >= 0.3 is 0 Å². The molecular weight excluding hydrogens is 675 g/mol. The first kappa shape index (κ1) is 32.6. The van der Waals surface area contributed by atoms with Crippen LogP contribution in [0.3, 0.4) is 0 Å². The van der Waals surface area contributed by atoms with Crippen molar-refractivity contribution in [1.82, 2.24) is 0 Å². The Kier molecular flexibility index (Phi) is 6.53. The van der Waals surface area contributed by atoms with Crippen LogP contribution < -0.4 is 4.90 Å². The average Bonchev–Trinajstić information content (AvgIpc) is 4.02. The van der Waals surface area contributed by atoms with Crippen molar-refractivity contribution in [2.24, 2.45) is 11.8 Å². The van der Waals surface area contributed by atoms with Gasteiger partial charge in [0.15, 0.2) is 0 Å². The zero-order chi connectivity index (χ0) is 37.6. The van der Waals surface area contributed by atoms with Crippen LogP contribution in [0.4, 0.5) is 17.1 Å². The van der Waals surface area contributed by atoms with Crippen LogP contribution in [0.25, 0.3) is 44.5 Å². The van der Waals surface area contributed by atoms with Gasteiger partial charge in [-0.1, -0.05) is 155 Å². The van der Waals surface area contributed by atoms with E-state index in [4.69, 9.17) is 0 Å². The van der Waals surface area contributed by atoms with Crippen molar-refractivity contribution in [2.75, 3.05) is 4.90 Å². The highest BCUT2D eigenvalue weighted by Gasteiger charge is 2.56. The summed E-state index contributed by atoms with van der Waals surface area (Å²) in [5, 5.41) is 0. The van der Waals surface area contributed by atoms with Crippen LogP contribution in [-0.2, 0) is 16.2 Å². The second-order valence-electron chi connectivity index (χ2n) is 18.5. The zero-order valence-corrected chi connectivity index (χ0v) is 32.9. The number of rotatable bonds is 4. The van der Waals surface area contributed by atoms with Gasteiger partial charge in [-0.3, -0.25) is 0 Å². The SMILES string of the molecule is CC1(C)c2ccccc2-c2c(N(c3ccc(-c4cccc5c4C(C)(C)c4ccccc4-5)cc3)c3ccc4c(c3)C3(CC5CCC3C5)c3ccccc3-4)cccc21. The summed E-state index contributed by atoms with van der Waals surface area (Å²) in [4.78, 5) is 2.58. The van der Waals surface area contributed by atoms with Crippen molar-refractivity contribution in [3.8, 4) is 44.5 Å². The Morgan fingerprint density at radius 1 is 0.464 bits per heavy atom. The molecule has 2 bridgehead atoms. The Morgan fingerprint density at radius 3 is 1.79 bits per heavy atom. The maximum atomic E-state index is 2.61. The van der Waals surface area contributed by atoms with Crippen LogP contribution in [0.5, 0.6) is 0 Å². The molecule has 1 nitrogen and oxygen atoms in total. The molecule has 0 heterocycles. The molecule has 0 radical (unpaired) electrons. The smallest absolute Gasteiger partial charge is 0.0543 e. The Labute approximate surface area is 331 Å². The third-order valence-electron chi connectivity index (χ3n) is 15.1. The molecule has 3 unspecified atom stereocenters. The number of hydrogen-bond acceptors (Lipinski definition) is 1. The van der Waals surface area contributed by atoms with Crippen molar-refractivity contribution >= 4 is 17.1 Å². The quantitative estimate of drug-likeness (QED) is 0.175. The van der Waals surface area contributed by atoms with E-state index in [0.717, 1.165) is 11.8 Å². The molecule has 1 spiro atoms. The summed E-state index contributed by atoms with van der Waals surface area (Å²) >= 11 is 0. The fourth-order valence-corrected chi connectivity index (χ4v) is 12.7. The van der Waals surface area contributed by atoms with Crippen LogP contribution in [0.15, 0.2) is 152 Å². The van der Waals surface area contributed by atoms with Gasteiger partial charge in [0.2, 0.25) is 0 Å². The van der Waals surface area contributed by atoms with Gasteiger partial charge < -0.3 is 4.90 Å². The van der Waals surface area contributed by atoms with E-state index in [1.54, 1.807) is 11.1 Å². The third-order valence-corrected chi connectivity index (χ3v) is 15.1. The summed E-state index contributed by atoms with van der Waals surface area (Å²) in [6.07, 6.45) is 5.38. The molecule has 3 atom stereocenters. The van der Waals surface area contributed by atoms with E-state index in [-0.39, 0.29) is 16.2 Å². The molecule has 7 aromatic carbocycles. The fraction of sp³-hybridized carbons (Fsp3) is 0.236. The van der Waals surface area contributed by atoms with E-state index in [0.29, 0.717) is 0 Å². The number of benzene rings is 7. The lowest BCUT2D eigenvalue weighted by molar-refractivity contribution is 0.327. The minimum Gasteiger partial charge on any atom is -0.310 e. The van der Waals surface area contributed by atoms with E-state index in [2.05, 4.69) is 184 Å². The highest BCUT2D eigenvalue weighted by atomic mass is 15.1. The molecule has 2 fully saturated rings. The molecule has 56 heavy (non-hydrogen) atoms. The van der Waals surface area contributed by atoms with E-state index >= 15 is 0 Å². The van der Waals surface area contributed by atoms with Crippen LogP contribution in [0.2, 0.25) is 0 Å². The maximum Gasteiger partial charge on any atom is 0.0543 e. The van der Waals surface area contributed by atoms with E-state index in [1.165, 1.54) is 110 Å². The molecular formula is C55H47N. The normalized spacial score (nSPS) is 22.0. The largest absolute Gasteiger partial charge is 0.310 e. The first-order valence-corrected chi connectivity index (χ1v) is 20.9. The molecule has 0 N–H and O–H groups in total. The van der Waals surface area contributed by atoms with Gasteiger partial charge in [-0.2, -0.15) is 0 Å². The van der Waals surface area contributed by atoms with Crippen molar-refractivity contribution in [3.05, 3.63) is 185 Å². The van der Waals surface area contributed by atoms with Gasteiger partial charge in [0.05, 0.1) is 5.69 Å². The van der Waals surface area contributed by atoms with E-state index in [1.807, 2.05) is 0 Å². The predicted octanol–water partition coefficient (Wildman–Crippen LogP) is 14.5. The molecule has 12 rings (SSSR count). The second kappa shape index (κ2) is 11.2. The molecule has 7 aromatic rings. The minimum absolute atomic E-state index is 0.0738. The monoisotopic (exact) mass is 721 g/mol. The lowest BCUT2D eigenvalue weighted by Crippen LogP contribution is -2.32. The minimum atomic E-state index is -0.0811. The van der Waals surface area contributed by atoms with Crippen LogP contribution in [0.1, 0.15) is 86.8 Å². The third kappa shape index (κ3) is 4.11. The Bertz CT molecular complexity index is 2780. The van der Waals surface area contributed by atoms with Crippen LogP contribution in [-0.4, -0.2) is 0 Å². The highest BCUT2D eigenvalue weighted by Crippen LogP contribution is 2.66. The molecule has 272 valence electrons. The second-order valence-corrected chi connectivity index (χ2v) is 18.5. The molecule has 0 saturated heterocycles. The van der Waals surface area contributed by atoms with Crippen molar-refractivity contribution in [2.45, 2.75) is 69.6 Å². The Balaban J connectivity index is 1.06. The molecule has 5 aliphatic rings. The summed E-state index contributed by atoms with van der Waals surface area (Å²) in [7, 11) is 0. The molecule has 2 saturated carbocycles. The van der Waals surface area contributed by atoms with Crippen molar-refractivity contribution in [1.29, 1.82) is 0 Å². The van der Waals surface area contributed by atoms with Gasteiger partial charge in [-0.25, -0.2) is 0 Å². The molecule has 0 aliphatic heterocycles. The first-order valence-electron chi connectivity index (χ1n) is 20.9. The zero-order valence-electron chi connectivity index (χ0n) is 32.9. The summed E-state index contributed by atoms with van der Waals surface area (Å²) in [5.74, 6) is 1.55. The average molecular weight is 722 g/mol. The lowest BCUT2D eigenvalue weighted by Gasteiger charge is -2.37. The number of anilines is 3. The molecule has 0 aromatic heterocycles. The number of nitrogens with zero attached hydrogens (tertiary/aromatic N) is 1. The van der Waals surface area contributed by atoms with Crippen LogP contribution in [0, 0.1) is 11.8 Å². The van der Waals surface area contributed by atoms with Gasteiger partial charge in [0, 0.05) is 33.2 Å². The summed E-state index contributed by atoms with van der Waals surface area (Å²) in [6, 6.07) is 58.3. The molecule has 5 aliphatic carbocycles. The van der Waals surface area contributed by atoms with Crippen LogP contribution >= 0.6 is 0 Å². The first-order chi connectivity index (χ1) is 27.3. The highest BCUT2D eigenvalue weighted by molar-refractivity contribution is 5.96.